The molecule has 3 nitrogen and oxygen atoms in total. The van der Waals surface area contributed by atoms with Crippen molar-refractivity contribution in [3.63, 3.8) is 0 Å². The molecule has 18 heavy (non-hydrogen) atoms. The molecule has 0 bridgehead atoms. The summed E-state index contributed by atoms with van der Waals surface area (Å²) in [7, 11) is 1.75. The maximum atomic E-state index is 5.43. The van der Waals surface area contributed by atoms with Gasteiger partial charge in [-0.2, -0.15) is 0 Å². The predicted molar refractivity (Wildman–Crippen MR) is 74.9 cm³/mol. The van der Waals surface area contributed by atoms with Crippen LogP contribution in [-0.4, -0.2) is 38.2 Å². The van der Waals surface area contributed by atoms with Crippen molar-refractivity contribution in [2.24, 2.45) is 5.92 Å². The third-order valence-electron chi connectivity index (χ3n) is 3.48. The Morgan fingerprint density at radius 3 is 3.06 bits per heavy atom. The average Bonchev–Trinajstić information content (AvgIpc) is 2.36. The number of benzene rings is 1. The van der Waals surface area contributed by atoms with Gasteiger partial charge in [-0.3, -0.25) is 4.90 Å². The summed E-state index contributed by atoms with van der Waals surface area (Å²) in [5, 5.41) is 3.49. The van der Waals surface area contributed by atoms with Crippen LogP contribution in [0.4, 0.5) is 0 Å². The summed E-state index contributed by atoms with van der Waals surface area (Å²) in [4.78, 5) is 2.54. The van der Waals surface area contributed by atoms with E-state index < -0.39 is 0 Å². The van der Waals surface area contributed by atoms with Crippen LogP contribution in [0.25, 0.3) is 0 Å². The molecule has 1 heterocycles. The van der Waals surface area contributed by atoms with E-state index in [0.717, 1.165) is 38.5 Å². The minimum absolute atomic E-state index is 0.708. The minimum Gasteiger partial charge on any atom is -0.496 e. The summed E-state index contributed by atoms with van der Waals surface area (Å²) in [5.74, 6) is 1.71. The van der Waals surface area contributed by atoms with Crippen LogP contribution in [0.3, 0.4) is 0 Å². The van der Waals surface area contributed by atoms with E-state index in [2.05, 4.69) is 29.3 Å². The fraction of sp³-hybridized carbons (Fsp3) is 0.600. The van der Waals surface area contributed by atoms with Crippen LogP contribution < -0.4 is 10.1 Å². The van der Waals surface area contributed by atoms with Crippen molar-refractivity contribution >= 4 is 0 Å². The summed E-state index contributed by atoms with van der Waals surface area (Å²) >= 11 is 0. The predicted octanol–water partition coefficient (Wildman–Crippen LogP) is 2.13. The summed E-state index contributed by atoms with van der Waals surface area (Å²) in [6.07, 6.45) is 1.22. The van der Waals surface area contributed by atoms with Gasteiger partial charge in [0.05, 0.1) is 7.11 Å². The Morgan fingerprint density at radius 1 is 1.39 bits per heavy atom. The van der Waals surface area contributed by atoms with Gasteiger partial charge in [-0.25, -0.2) is 0 Å². The molecule has 1 fully saturated rings. The zero-order valence-corrected chi connectivity index (χ0v) is 11.5. The molecule has 1 aromatic carbocycles. The first-order chi connectivity index (χ1) is 8.79. The van der Waals surface area contributed by atoms with Crippen LogP contribution in [0.2, 0.25) is 0 Å². The van der Waals surface area contributed by atoms with Crippen LogP contribution in [0, 0.1) is 5.92 Å². The molecule has 0 spiro atoms. The molecule has 1 atom stereocenters. The molecule has 0 radical (unpaired) electrons. The number of para-hydroxylation sites is 1. The average molecular weight is 248 g/mol. The maximum absolute atomic E-state index is 5.43. The van der Waals surface area contributed by atoms with Gasteiger partial charge in [0.2, 0.25) is 0 Å². The Hall–Kier alpha value is -1.06. The summed E-state index contributed by atoms with van der Waals surface area (Å²) in [5.41, 5.74) is 1.29. The number of methoxy groups -OCH3 is 1. The molecule has 0 aliphatic carbocycles. The topological polar surface area (TPSA) is 24.5 Å². The fourth-order valence-corrected chi connectivity index (χ4v) is 2.59. The first-order valence-corrected chi connectivity index (χ1v) is 6.84. The summed E-state index contributed by atoms with van der Waals surface area (Å²) in [6.45, 7) is 7.89. The third kappa shape index (κ3) is 3.72. The zero-order valence-electron chi connectivity index (χ0n) is 11.5. The number of ether oxygens (including phenoxy) is 1. The highest BCUT2D eigenvalue weighted by Crippen LogP contribution is 2.20. The van der Waals surface area contributed by atoms with Crippen molar-refractivity contribution in [3.05, 3.63) is 29.8 Å². The van der Waals surface area contributed by atoms with E-state index in [1.165, 1.54) is 12.0 Å². The van der Waals surface area contributed by atoms with Gasteiger partial charge in [0, 0.05) is 18.7 Å². The molecule has 1 saturated heterocycles. The van der Waals surface area contributed by atoms with E-state index >= 15 is 0 Å². The van der Waals surface area contributed by atoms with Crippen molar-refractivity contribution in [2.45, 2.75) is 19.9 Å². The molecule has 3 heteroatoms. The first-order valence-electron chi connectivity index (χ1n) is 6.84. The van der Waals surface area contributed by atoms with E-state index in [1.807, 2.05) is 12.1 Å². The van der Waals surface area contributed by atoms with Gasteiger partial charge in [0.1, 0.15) is 5.75 Å². The van der Waals surface area contributed by atoms with E-state index in [1.54, 1.807) is 7.11 Å². The Labute approximate surface area is 110 Å². The number of nitrogens with zero attached hydrogens (tertiary/aromatic N) is 1. The van der Waals surface area contributed by atoms with E-state index in [4.69, 9.17) is 4.74 Å². The molecule has 0 saturated carbocycles. The van der Waals surface area contributed by atoms with E-state index in [9.17, 15) is 0 Å². The van der Waals surface area contributed by atoms with Crippen LogP contribution in [-0.2, 0) is 6.54 Å². The molecule has 0 aromatic heterocycles. The molecule has 1 unspecified atom stereocenters. The standard InChI is InChI=1S/C15H24N2O/c1-13-10-16-8-5-9-17(11-13)12-14-6-3-4-7-15(14)18-2/h3-4,6-7,13,16H,5,8-12H2,1-2H3. The largest absolute Gasteiger partial charge is 0.496 e. The second kappa shape index (κ2) is 6.76. The number of rotatable bonds is 3. The van der Waals surface area contributed by atoms with Gasteiger partial charge in [-0.1, -0.05) is 25.1 Å². The lowest BCUT2D eigenvalue weighted by Crippen LogP contribution is -2.38. The van der Waals surface area contributed by atoms with Crippen molar-refractivity contribution in [2.75, 3.05) is 33.3 Å². The minimum atomic E-state index is 0.708. The van der Waals surface area contributed by atoms with Gasteiger partial charge in [-0.15, -0.1) is 0 Å². The second-order valence-corrected chi connectivity index (χ2v) is 5.21. The van der Waals surface area contributed by atoms with E-state index in [-0.39, 0.29) is 0 Å². The molecular weight excluding hydrogens is 224 g/mol. The number of hydrogen-bond donors (Lipinski definition) is 1. The van der Waals surface area contributed by atoms with Crippen molar-refractivity contribution in [1.29, 1.82) is 0 Å². The molecule has 1 aliphatic heterocycles. The van der Waals surface area contributed by atoms with Crippen LogP contribution >= 0.6 is 0 Å². The second-order valence-electron chi connectivity index (χ2n) is 5.21. The fourth-order valence-electron chi connectivity index (χ4n) is 2.59. The lowest BCUT2D eigenvalue weighted by atomic mass is 10.1. The summed E-state index contributed by atoms with van der Waals surface area (Å²) in [6, 6.07) is 8.33. The van der Waals surface area contributed by atoms with Gasteiger partial charge in [0.25, 0.3) is 0 Å². The van der Waals surface area contributed by atoms with Gasteiger partial charge < -0.3 is 10.1 Å². The first kappa shape index (κ1) is 13.4. The maximum Gasteiger partial charge on any atom is 0.123 e. The van der Waals surface area contributed by atoms with Crippen molar-refractivity contribution in [1.82, 2.24) is 10.2 Å². The summed E-state index contributed by atoms with van der Waals surface area (Å²) < 4.78 is 5.43. The highest BCUT2D eigenvalue weighted by atomic mass is 16.5. The molecule has 1 aromatic rings. The lowest BCUT2D eigenvalue weighted by molar-refractivity contribution is 0.207. The van der Waals surface area contributed by atoms with Crippen LogP contribution in [0.15, 0.2) is 24.3 Å². The zero-order chi connectivity index (χ0) is 12.8. The smallest absolute Gasteiger partial charge is 0.123 e. The third-order valence-corrected chi connectivity index (χ3v) is 3.48. The quantitative estimate of drug-likeness (QED) is 0.887. The SMILES string of the molecule is COc1ccccc1CN1CCCNCC(C)C1. The molecule has 1 aliphatic rings. The number of nitrogens with one attached hydrogen (secondary N) is 1. The molecule has 0 amide bonds. The van der Waals surface area contributed by atoms with Crippen LogP contribution in [0.5, 0.6) is 5.75 Å². The molecule has 2 rings (SSSR count). The van der Waals surface area contributed by atoms with Crippen molar-refractivity contribution < 1.29 is 4.74 Å². The van der Waals surface area contributed by atoms with E-state index in [0.29, 0.717) is 5.92 Å². The van der Waals surface area contributed by atoms with Crippen molar-refractivity contribution in [3.8, 4) is 5.75 Å². The van der Waals surface area contributed by atoms with Gasteiger partial charge >= 0.3 is 0 Å². The van der Waals surface area contributed by atoms with Crippen LogP contribution in [0.1, 0.15) is 18.9 Å². The monoisotopic (exact) mass is 248 g/mol. The molecule has 1 N–H and O–H groups in total. The Balaban J connectivity index is 2.01. The highest BCUT2D eigenvalue weighted by molar-refractivity contribution is 5.33. The molecule has 100 valence electrons. The molecular formula is C15H24N2O. The highest BCUT2D eigenvalue weighted by Gasteiger charge is 2.14. The Morgan fingerprint density at radius 2 is 2.22 bits per heavy atom. The Bertz CT molecular complexity index is 367. The van der Waals surface area contributed by atoms with Gasteiger partial charge in [0.15, 0.2) is 0 Å². The lowest BCUT2D eigenvalue weighted by Gasteiger charge is -2.29. The number of hydrogen-bond acceptors (Lipinski definition) is 3. The van der Waals surface area contributed by atoms with Gasteiger partial charge in [-0.05, 0) is 38.0 Å². The Kier molecular flexibility index (Phi) is 5.02. The normalized spacial score (nSPS) is 22.2.